The first-order valence-corrected chi connectivity index (χ1v) is 7.04. The highest BCUT2D eigenvalue weighted by Crippen LogP contribution is 2.31. The Morgan fingerprint density at radius 2 is 2.20 bits per heavy atom. The highest BCUT2D eigenvalue weighted by Gasteiger charge is 2.14. The van der Waals surface area contributed by atoms with Gasteiger partial charge in [0.25, 0.3) is 0 Å². The fourth-order valence-corrected chi connectivity index (χ4v) is 2.19. The third kappa shape index (κ3) is 4.37. The van der Waals surface area contributed by atoms with Crippen molar-refractivity contribution >= 4 is 5.69 Å². The minimum absolute atomic E-state index is 0.227. The summed E-state index contributed by atoms with van der Waals surface area (Å²) in [6.07, 6.45) is 1.58. The molecule has 0 aromatic heterocycles. The van der Waals surface area contributed by atoms with Gasteiger partial charge in [0, 0.05) is 13.7 Å². The molecule has 5 nitrogen and oxygen atoms in total. The molecule has 1 aromatic rings. The normalized spacial score (nSPS) is 15.3. The Labute approximate surface area is 119 Å². The van der Waals surface area contributed by atoms with Gasteiger partial charge in [-0.25, -0.2) is 0 Å². The lowest BCUT2D eigenvalue weighted by Crippen LogP contribution is -2.25. The van der Waals surface area contributed by atoms with Gasteiger partial charge >= 0.3 is 0 Å². The zero-order chi connectivity index (χ0) is 14.2. The number of fused-ring (bicyclic) bond motifs is 1. The molecule has 112 valence electrons. The van der Waals surface area contributed by atoms with Gasteiger partial charge in [-0.1, -0.05) is 12.1 Å². The van der Waals surface area contributed by atoms with Crippen LogP contribution in [0.2, 0.25) is 0 Å². The van der Waals surface area contributed by atoms with Crippen LogP contribution < -0.4 is 10.1 Å². The zero-order valence-corrected chi connectivity index (χ0v) is 11.9. The lowest BCUT2D eigenvalue weighted by molar-refractivity contribution is -0.00410. The Morgan fingerprint density at radius 3 is 3.05 bits per heavy atom. The Hall–Kier alpha value is -1.30. The molecule has 0 saturated heterocycles. The van der Waals surface area contributed by atoms with Gasteiger partial charge in [-0.05, 0) is 24.5 Å². The van der Waals surface area contributed by atoms with E-state index in [1.54, 1.807) is 7.11 Å². The zero-order valence-electron chi connectivity index (χ0n) is 11.9. The van der Waals surface area contributed by atoms with E-state index >= 15 is 0 Å². The Kier molecular flexibility index (Phi) is 6.11. The molecule has 0 aliphatic carbocycles. The second-order valence-electron chi connectivity index (χ2n) is 4.85. The third-order valence-corrected chi connectivity index (χ3v) is 3.21. The van der Waals surface area contributed by atoms with Crippen molar-refractivity contribution < 1.29 is 19.3 Å². The van der Waals surface area contributed by atoms with E-state index in [9.17, 15) is 5.11 Å². The standard InChI is InChI=1S/C15H23NO4/c1-18-8-9-19-10-13(17)11-20-14-6-2-4-12-5-3-7-16-15(12)14/h2,4,6,13,16-17H,3,5,7-11H2,1H3. The summed E-state index contributed by atoms with van der Waals surface area (Å²) in [7, 11) is 1.62. The van der Waals surface area contributed by atoms with E-state index in [4.69, 9.17) is 14.2 Å². The minimum atomic E-state index is -0.633. The van der Waals surface area contributed by atoms with E-state index in [1.165, 1.54) is 5.56 Å². The molecule has 0 radical (unpaired) electrons. The maximum atomic E-state index is 9.80. The summed E-state index contributed by atoms with van der Waals surface area (Å²) >= 11 is 0. The average molecular weight is 281 g/mol. The molecular weight excluding hydrogens is 258 g/mol. The van der Waals surface area contributed by atoms with Crippen LogP contribution in [0.15, 0.2) is 18.2 Å². The number of hydrogen-bond acceptors (Lipinski definition) is 5. The van der Waals surface area contributed by atoms with E-state index in [0.717, 1.165) is 30.8 Å². The molecule has 0 fully saturated rings. The van der Waals surface area contributed by atoms with Crippen LogP contribution in [0.5, 0.6) is 5.75 Å². The highest BCUT2D eigenvalue weighted by atomic mass is 16.5. The summed E-state index contributed by atoms with van der Waals surface area (Å²) in [6.45, 7) is 2.46. The van der Waals surface area contributed by atoms with Crippen molar-refractivity contribution in [3.63, 3.8) is 0 Å². The number of para-hydroxylation sites is 1. The molecule has 2 rings (SSSR count). The molecule has 0 saturated carbocycles. The number of aliphatic hydroxyl groups is 1. The molecule has 5 heteroatoms. The van der Waals surface area contributed by atoms with Gasteiger partial charge < -0.3 is 24.6 Å². The first-order chi connectivity index (χ1) is 9.81. The molecule has 0 amide bonds. The number of aryl methyl sites for hydroxylation is 1. The van der Waals surface area contributed by atoms with Crippen LogP contribution in [0.4, 0.5) is 5.69 Å². The lowest BCUT2D eigenvalue weighted by atomic mass is 10.0. The third-order valence-electron chi connectivity index (χ3n) is 3.21. The van der Waals surface area contributed by atoms with Crippen molar-refractivity contribution in [2.75, 3.05) is 45.4 Å². The summed E-state index contributed by atoms with van der Waals surface area (Å²) in [4.78, 5) is 0. The number of benzene rings is 1. The molecule has 1 aliphatic rings. The van der Waals surface area contributed by atoms with Crippen LogP contribution in [0.3, 0.4) is 0 Å². The minimum Gasteiger partial charge on any atom is -0.489 e. The van der Waals surface area contributed by atoms with E-state index in [0.29, 0.717) is 13.2 Å². The monoisotopic (exact) mass is 281 g/mol. The van der Waals surface area contributed by atoms with Gasteiger partial charge in [-0.15, -0.1) is 0 Å². The summed E-state index contributed by atoms with van der Waals surface area (Å²) in [6, 6.07) is 6.02. The molecule has 1 unspecified atom stereocenters. The Balaban J connectivity index is 1.79. The second kappa shape index (κ2) is 8.09. The number of aliphatic hydroxyl groups excluding tert-OH is 1. The van der Waals surface area contributed by atoms with Crippen molar-refractivity contribution in [2.24, 2.45) is 0 Å². The Bertz CT molecular complexity index is 411. The summed E-state index contributed by atoms with van der Waals surface area (Å²) in [5.74, 6) is 0.804. The fraction of sp³-hybridized carbons (Fsp3) is 0.600. The van der Waals surface area contributed by atoms with Gasteiger partial charge in [-0.3, -0.25) is 0 Å². The van der Waals surface area contributed by atoms with Crippen LogP contribution in [-0.4, -0.2) is 51.3 Å². The van der Waals surface area contributed by atoms with Crippen molar-refractivity contribution in [2.45, 2.75) is 18.9 Å². The van der Waals surface area contributed by atoms with Crippen LogP contribution in [0, 0.1) is 0 Å². The molecule has 0 bridgehead atoms. The molecule has 2 N–H and O–H groups in total. The topological polar surface area (TPSA) is 60.0 Å². The molecule has 1 heterocycles. The van der Waals surface area contributed by atoms with Crippen molar-refractivity contribution in [1.29, 1.82) is 0 Å². The van der Waals surface area contributed by atoms with Crippen LogP contribution in [0.1, 0.15) is 12.0 Å². The SMILES string of the molecule is COCCOCC(O)COc1cccc2c1NCCC2. The van der Waals surface area contributed by atoms with Gasteiger partial charge in [0.2, 0.25) is 0 Å². The van der Waals surface area contributed by atoms with Gasteiger partial charge in [-0.2, -0.15) is 0 Å². The fourth-order valence-electron chi connectivity index (χ4n) is 2.19. The van der Waals surface area contributed by atoms with Crippen molar-refractivity contribution in [3.05, 3.63) is 23.8 Å². The van der Waals surface area contributed by atoms with E-state index in [1.807, 2.05) is 12.1 Å². The summed E-state index contributed by atoms with van der Waals surface area (Å²) in [5, 5.41) is 13.2. The second-order valence-corrected chi connectivity index (χ2v) is 4.85. The molecule has 20 heavy (non-hydrogen) atoms. The first kappa shape index (κ1) is 15.1. The van der Waals surface area contributed by atoms with E-state index in [2.05, 4.69) is 11.4 Å². The van der Waals surface area contributed by atoms with Gasteiger partial charge in [0.1, 0.15) is 18.5 Å². The smallest absolute Gasteiger partial charge is 0.142 e. The molecule has 1 aromatic carbocycles. The van der Waals surface area contributed by atoms with E-state index < -0.39 is 6.10 Å². The van der Waals surface area contributed by atoms with Crippen molar-refractivity contribution in [3.8, 4) is 5.75 Å². The van der Waals surface area contributed by atoms with Crippen LogP contribution in [-0.2, 0) is 15.9 Å². The number of ether oxygens (including phenoxy) is 3. The predicted octanol–water partition coefficient (Wildman–Crippen LogP) is 1.45. The number of nitrogens with one attached hydrogen (secondary N) is 1. The maximum Gasteiger partial charge on any atom is 0.142 e. The maximum absolute atomic E-state index is 9.80. The lowest BCUT2D eigenvalue weighted by Gasteiger charge is -2.22. The van der Waals surface area contributed by atoms with E-state index in [-0.39, 0.29) is 13.2 Å². The largest absolute Gasteiger partial charge is 0.489 e. The summed E-state index contributed by atoms with van der Waals surface area (Å²) < 4.78 is 15.8. The van der Waals surface area contributed by atoms with Crippen LogP contribution in [0.25, 0.3) is 0 Å². The predicted molar refractivity (Wildman–Crippen MR) is 77.4 cm³/mol. The number of hydrogen-bond donors (Lipinski definition) is 2. The van der Waals surface area contributed by atoms with Crippen LogP contribution >= 0.6 is 0 Å². The van der Waals surface area contributed by atoms with Gasteiger partial charge in [0.05, 0.1) is 25.5 Å². The molecule has 0 spiro atoms. The quantitative estimate of drug-likeness (QED) is 0.706. The molecule has 1 aliphatic heterocycles. The first-order valence-electron chi connectivity index (χ1n) is 7.04. The summed E-state index contributed by atoms with van der Waals surface area (Å²) in [5.41, 5.74) is 2.34. The number of anilines is 1. The molecule has 1 atom stereocenters. The Morgan fingerprint density at radius 1 is 1.30 bits per heavy atom. The number of rotatable bonds is 8. The highest BCUT2D eigenvalue weighted by molar-refractivity contribution is 5.63. The van der Waals surface area contributed by atoms with Crippen molar-refractivity contribution in [1.82, 2.24) is 0 Å². The average Bonchev–Trinajstić information content (AvgIpc) is 2.49. The van der Waals surface area contributed by atoms with Gasteiger partial charge in [0.15, 0.2) is 0 Å². The molecular formula is C15H23NO4. The number of methoxy groups -OCH3 is 1.